The van der Waals surface area contributed by atoms with Crippen molar-refractivity contribution in [2.45, 2.75) is 98.5 Å². The highest BCUT2D eigenvalue weighted by Gasteiger charge is 2.62. The van der Waals surface area contributed by atoms with Gasteiger partial charge in [-0.3, -0.25) is 9.69 Å². The highest BCUT2D eigenvalue weighted by atomic mass is 16.5. The minimum Gasteiger partial charge on any atom is -0.461 e. The summed E-state index contributed by atoms with van der Waals surface area (Å²) in [4.78, 5) is 15.0. The lowest BCUT2D eigenvalue weighted by Gasteiger charge is -2.38. The van der Waals surface area contributed by atoms with Crippen LogP contribution < -0.4 is 0 Å². The zero-order valence-corrected chi connectivity index (χ0v) is 17.4. The number of hydrogen-bond donors (Lipinski definition) is 0. The number of ether oxygens (including phenoxy) is 1. The highest BCUT2D eigenvalue weighted by Crippen LogP contribution is 2.66. The maximum atomic E-state index is 12.6. The van der Waals surface area contributed by atoms with Gasteiger partial charge in [0.25, 0.3) is 0 Å². The summed E-state index contributed by atoms with van der Waals surface area (Å²) in [6.45, 7) is 14.1. The van der Waals surface area contributed by atoms with E-state index in [2.05, 4.69) is 39.5 Å². The van der Waals surface area contributed by atoms with Crippen LogP contribution in [0.5, 0.6) is 0 Å². The minimum absolute atomic E-state index is 0.00238. The Morgan fingerprint density at radius 1 is 1.04 bits per heavy atom. The van der Waals surface area contributed by atoms with Crippen molar-refractivity contribution in [1.29, 1.82) is 0 Å². The van der Waals surface area contributed by atoms with Crippen LogP contribution in [0.2, 0.25) is 0 Å². The van der Waals surface area contributed by atoms with Crippen molar-refractivity contribution in [3.05, 3.63) is 0 Å². The van der Waals surface area contributed by atoms with Crippen LogP contribution >= 0.6 is 0 Å². The first-order chi connectivity index (χ1) is 11.8. The Bertz CT molecular complexity index is 424. The summed E-state index contributed by atoms with van der Waals surface area (Å²) in [5.74, 6) is 0.725. The van der Waals surface area contributed by atoms with Gasteiger partial charge < -0.3 is 4.74 Å². The van der Waals surface area contributed by atoms with E-state index in [1.807, 2.05) is 0 Å². The molecule has 0 amide bonds. The SMILES string of the molecule is CCCCCN(CCCCC)CC(=O)O[C@H]1C[C@@H]2CC[C@@]1(C)C2(C)C. The largest absolute Gasteiger partial charge is 0.461 e. The number of rotatable bonds is 11. The second-order valence-corrected chi connectivity index (χ2v) is 9.28. The average molecular weight is 352 g/mol. The van der Waals surface area contributed by atoms with Crippen LogP contribution in [0, 0.1) is 16.7 Å². The molecular weight excluding hydrogens is 310 g/mol. The summed E-state index contributed by atoms with van der Waals surface area (Å²) in [5.41, 5.74) is 0.475. The van der Waals surface area contributed by atoms with E-state index in [-0.39, 0.29) is 17.5 Å². The molecule has 0 aromatic heterocycles. The number of esters is 1. The fraction of sp³-hybridized carbons (Fsp3) is 0.955. The number of carbonyl (C=O) groups is 1. The molecule has 3 heteroatoms. The zero-order chi connectivity index (χ0) is 18.5. The van der Waals surface area contributed by atoms with Gasteiger partial charge in [0.2, 0.25) is 0 Å². The predicted octanol–water partition coefficient (Wildman–Crippen LogP) is 5.43. The van der Waals surface area contributed by atoms with Gasteiger partial charge in [0.05, 0.1) is 6.54 Å². The molecule has 0 heterocycles. The molecule has 2 bridgehead atoms. The molecule has 2 aliphatic carbocycles. The lowest BCUT2D eigenvalue weighted by molar-refractivity contribution is -0.158. The third-order valence-electron chi connectivity index (χ3n) is 7.50. The lowest BCUT2D eigenvalue weighted by Crippen LogP contribution is -2.41. The third kappa shape index (κ3) is 4.59. The molecule has 0 saturated heterocycles. The van der Waals surface area contributed by atoms with Crippen LogP contribution in [0.15, 0.2) is 0 Å². The van der Waals surface area contributed by atoms with Crippen LogP contribution in [0.3, 0.4) is 0 Å². The maximum absolute atomic E-state index is 12.6. The van der Waals surface area contributed by atoms with Crippen molar-refractivity contribution < 1.29 is 9.53 Å². The molecule has 0 spiro atoms. The fourth-order valence-corrected chi connectivity index (χ4v) is 5.13. The van der Waals surface area contributed by atoms with Crippen LogP contribution in [-0.2, 0) is 9.53 Å². The van der Waals surface area contributed by atoms with Crippen molar-refractivity contribution in [3.8, 4) is 0 Å². The van der Waals surface area contributed by atoms with Crippen LogP contribution in [0.25, 0.3) is 0 Å². The first kappa shape index (κ1) is 20.7. The van der Waals surface area contributed by atoms with Gasteiger partial charge in [-0.1, -0.05) is 60.3 Å². The Balaban J connectivity index is 1.85. The summed E-state index contributed by atoms with van der Waals surface area (Å²) < 4.78 is 6.05. The maximum Gasteiger partial charge on any atom is 0.320 e. The molecule has 2 aliphatic rings. The van der Waals surface area contributed by atoms with E-state index in [0.717, 1.165) is 25.4 Å². The Morgan fingerprint density at radius 2 is 1.64 bits per heavy atom. The summed E-state index contributed by atoms with van der Waals surface area (Å²) in [6.07, 6.45) is 11.0. The monoisotopic (exact) mass is 351 g/mol. The van der Waals surface area contributed by atoms with Gasteiger partial charge in [-0.15, -0.1) is 0 Å². The molecule has 3 atom stereocenters. The normalized spacial score (nSPS) is 30.2. The minimum atomic E-state index is 0.00238. The van der Waals surface area contributed by atoms with E-state index < -0.39 is 0 Å². The molecule has 0 aromatic rings. The smallest absolute Gasteiger partial charge is 0.320 e. The van der Waals surface area contributed by atoms with E-state index in [1.165, 1.54) is 51.4 Å². The Morgan fingerprint density at radius 3 is 2.08 bits per heavy atom. The molecule has 146 valence electrons. The standard InChI is InChI=1S/C22H41NO2/c1-6-8-10-14-23(15-11-9-7-2)17-20(24)25-19-16-18-12-13-22(19,5)21(18,3)4/h18-19H,6-17H2,1-5H3/t18-,19-,22+/m0/s1. The van der Waals surface area contributed by atoms with Crippen LogP contribution in [0.1, 0.15) is 92.4 Å². The van der Waals surface area contributed by atoms with Crippen molar-refractivity contribution in [2.24, 2.45) is 16.7 Å². The predicted molar refractivity (Wildman–Crippen MR) is 105 cm³/mol. The number of nitrogens with zero attached hydrogens (tertiary/aromatic N) is 1. The Kier molecular flexibility index (Phi) is 7.37. The molecule has 0 aliphatic heterocycles. The van der Waals surface area contributed by atoms with Gasteiger partial charge in [0.1, 0.15) is 6.10 Å². The molecule has 0 radical (unpaired) electrons. The summed E-state index contributed by atoms with van der Waals surface area (Å²) in [7, 11) is 0. The van der Waals surface area contributed by atoms with Gasteiger partial charge >= 0.3 is 5.97 Å². The molecular formula is C22H41NO2. The second kappa shape index (κ2) is 8.88. The van der Waals surface area contributed by atoms with Gasteiger partial charge in [-0.05, 0) is 56.5 Å². The summed E-state index contributed by atoms with van der Waals surface area (Å²) in [6, 6.07) is 0. The fourth-order valence-electron chi connectivity index (χ4n) is 5.13. The summed E-state index contributed by atoms with van der Waals surface area (Å²) >= 11 is 0. The Labute approximate surface area is 155 Å². The highest BCUT2D eigenvalue weighted by molar-refractivity contribution is 5.72. The van der Waals surface area contributed by atoms with Gasteiger partial charge in [-0.2, -0.15) is 0 Å². The second-order valence-electron chi connectivity index (χ2n) is 9.28. The van der Waals surface area contributed by atoms with Crippen LogP contribution in [-0.4, -0.2) is 36.6 Å². The summed E-state index contributed by atoms with van der Waals surface area (Å²) in [5, 5.41) is 0. The molecule has 0 aromatic carbocycles. The number of unbranched alkanes of at least 4 members (excludes halogenated alkanes) is 4. The Hall–Kier alpha value is -0.570. The number of carbonyl (C=O) groups excluding carboxylic acids is 1. The molecule has 2 saturated carbocycles. The van der Waals surface area contributed by atoms with Crippen LogP contribution in [0.4, 0.5) is 0 Å². The van der Waals surface area contributed by atoms with E-state index in [9.17, 15) is 4.79 Å². The topological polar surface area (TPSA) is 29.5 Å². The molecule has 3 nitrogen and oxygen atoms in total. The molecule has 2 fully saturated rings. The van der Waals surface area contributed by atoms with E-state index in [0.29, 0.717) is 12.0 Å². The van der Waals surface area contributed by atoms with Crippen molar-refractivity contribution >= 4 is 5.97 Å². The first-order valence-electron chi connectivity index (χ1n) is 10.8. The quantitative estimate of drug-likeness (QED) is 0.367. The van der Waals surface area contributed by atoms with Crippen molar-refractivity contribution in [1.82, 2.24) is 4.90 Å². The number of hydrogen-bond acceptors (Lipinski definition) is 3. The lowest BCUT2D eigenvalue weighted by atomic mass is 9.70. The van der Waals surface area contributed by atoms with E-state index in [1.54, 1.807) is 0 Å². The number of fused-ring (bicyclic) bond motifs is 2. The first-order valence-corrected chi connectivity index (χ1v) is 10.8. The zero-order valence-electron chi connectivity index (χ0n) is 17.4. The molecule has 0 N–H and O–H groups in total. The molecule has 2 rings (SSSR count). The van der Waals surface area contributed by atoms with E-state index >= 15 is 0 Å². The molecule has 25 heavy (non-hydrogen) atoms. The average Bonchev–Trinajstić information content (AvgIpc) is 2.88. The van der Waals surface area contributed by atoms with Gasteiger partial charge in [0, 0.05) is 5.41 Å². The van der Waals surface area contributed by atoms with Gasteiger partial charge in [-0.25, -0.2) is 0 Å². The molecule has 0 unspecified atom stereocenters. The van der Waals surface area contributed by atoms with Gasteiger partial charge in [0.15, 0.2) is 0 Å². The van der Waals surface area contributed by atoms with Crippen molar-refractivity contribution in [2.75, 3.05) is 19.6 Å². The van der Waals surface area contributed by atoms with E-state index in [4.69, 9.17) is 4.74 Å². The third-order valence-corrected chi connectivity index (χ3v) is 7.50. The van der Waals surface area contributed by atoms with Crippen molar-refractivity contribution in [3.63, 3.8) is 0 Å².